The Labute approximate surface area is 96.0 Å². The monoisotopic (exact) mass is 215 g/mol. The zero-order valence-corrected chi connectivity index (χ0v) is 11.0. The minimum Gasteiger partial charge on any atom is -0.400 e. The predicted molar refractivity (Wildman–Crippen MR) is 69.1 cm³/mol. The second-order valence-corrected chi connectivity index (χ2v) is 3.44. The van der Waals surface area contributed by atoms with Gasteiger partial charge < -0.3 is 10.0 Å². The van der Waals surface area contributed by atoms with Gasteiger partial charge >= 0.3 is 0 Å². The van der Waals surface area contributed by atoms with E-state index in [0.717, 1.165) is 13.0 Å². The SMILES string of the molecule is C=CC1CCCN(CCC)C1.CC.CO. The highest BCUT2D eigenvalue weighted by Gasteiger charge is 2.15. The van der Waals surface area contributed by atoms with Crippen LogP contribution in [0.5, 0.6) is 0 Å². The van der Waals surface area contributed by atoms with Gasteiger partial charge in [0.05, 0.1) is 0 Å². The lowest BCUT2D eigenvalue weighted by atomic mass is 9.98. The molecule has 0 spiro atoms. The quantitative estimate of drug-likeness (QED) is 0.732. The second-order valence-electron chi connectivity index (χ2n) is 3.44. The lowest BCUT2D eigenvalue weighted by Crippen LogP contribution is -2.35. The molecule has 1 rings (SSSR count). The van der Waals surface area contributed by atoms with Crippen molar-refractivity contribution in [1.82, 2.24) is 4.90 Å². The summed E-state index contributed by atoms with van der Waals surface area (Å²) in [5, 5.41) is 7.00. The summed E-state index contributed by atoms with van der Waals surface area (Å²) >= 11 is 0. The van der Waals surface area contributed by atoms with Crippen molar-refractivity contribution in [2.24, 2.45) is 5.92 Å². The van der Waals surface area contributed by atoms with Crippen molar-refractivity contribution in [3.8, 4) is 0 Å². The largest absolute Gasteiger partial charge is 0.400 e. The number of hydrogen-bond donors (Lipinski definition) is 1. The van der Waals surface area contributed by atoms with E-state index in [4.69, 9.17) is 5.11 Å². The van der Waals surface area contributed by atoms with Gasteiger partial charge in [-0.15, -0.1) is 6.58 Å². The van der Waals surface area contributed by atoms with Crippen molar-refractivity contribution < 1.29 is 5.11 Å². The summed E-state index contributed by atoms with van der Waals surface area (Å²) in [6, 6.07) is 0. The molecule has 1 saturated heterocycles. The number of hydrogen-bond acceptors (Lipinski definition) is 2. The second kappa shape index (κ2) is 13.7. The molecule has 0 aromatic rings. The Hall–Kier alpha value is -0.340. The molecule has 0 bridgehead atoms. The lowest BCUT2D eigenvalue weighted by Gasteiger charge is -2.30. The average Bonchev–Trinajstić information content (AvgIpc) is 2.35. The van der Waals surface area contributed by atoms with Gasteiger partial charge in [-0.2, -0.15) is 0 Å². The first-order valence-corrected chi connectivity index (χ1v) is 6.16. The molecule has 1 unspecified atom stereocenters. The zero-order valence-electron chi connectivity index (χ0n) is 11.0. The van der Waals surface area contributed by atoms with E-state index >= 15 is 0 Å². The number of rotatable bonds is 3. The van der Waals surface area contributed by atoms with Crippen molar-refractivity contribution in [1.29, 1.82) is 0 Å². The molecule has 15 heavy (non-hydrogen) atoms. The van der Waals surface area contributed by atoms with Gasteiger partial charge in [-0.05, 0) is 38.3 Å². The molecule has 0 aliphatic carbocycles. The Kier molecular flexibility index (Phi) is 15.5. The molecule has 1 heterocycles. The van der Waals surface area contributed by atoms with Gasteiger partial charge in [0.15, 0.2) is 0 Å². The number of aliphatic hydroxyl groups excluding tert-OH is 1. The topological polar surface area (TPSA) is 23.5 Å². The molecule has 2 nitrogen and oxygen atoms in total. The molecule has 0 aromatic carbocycles. The van der Waals surface area contributed by atoms with Crippen LogP contribution in [0, 0.1) is 5.92 Å². The van der Waals surface area contributed by atoms with Crippen molar-refractivity contribution in [2.75, 3.05) is 26.7 Å². The minimum atomic E-state index is 0.760. The summed E-state index contributed by atoms with van der Waals surface area (Å²) in [6.45, 7) is 13.9. The molecule has 92 valence electrons. The summed E-state index contributed by atoms with van der Waals surface area (Å²) in [4.78, 5) is 2.55. The maximum Gasteiger partial charge on any atom is 0.0319 e. The first kappa shape index (κ1) is 17.1. The fourth-order valence-electron chi connectivity index (χ4n) is 1.80. The maximum atomic E-state index is 7.00. The van der Waals surface area contributed by atoms with E-state index < -0.39 is 0 Å². The van der Waals surface area contributed by atoms with E-state index in [1.165, 1.54) is 38.9 Å². The highest BCUT2D eigenvalue weighted by atomic mass is 16.2. The standard InChI is InChI=1S/C10H19N.C2H6.CH4O/c1-3-7-11-8-5-6-10(4-2)9-11;2*1-2/h4,10H,2-3,5-9H2,1H3;1-2H3;2H,1H3. The molecular weight excluding hydrogens is 186 g/mol. The van der Waals surface area contributed by atoms with Crippen molar-refractivity contribution in [3.05, 3.63) is 12.7 Å². The summed E-state index contributed by atoms with van der Waals surface area (Å²) in [5.74, 6) is 0.760. The van der Waals surface area contributed by atoms with Crippen LogP contribution in [0.25, 0.3) is 0 Å². The van der Waals surface area contributed by atoms with Crippen LogP contribution in [0.2, 0.25) is 0 Å². The van der Waals surface area contributed by atoms with E-state index in [1.54, 1.807) is 0 Å². The van der Waals surface area contributed by atoms with Crippen LogP contribution in [-0.4, -0.2) is 36.8 Å². The Morgan fingerprint density at radius 2 is 2.00 bits per heavy atom. The summed E-state index contributed by atoms with van der Waals surface area (Å²) in [5.41, 5.74) is 0. The first-order valence-electron chi connectivity index (χ1n) is 6.16. The molecule has 1 aliphatic heterocycles. The third-order valence-electron chi connectivity index (χ3n) is 2.42. The van der Waals surface area contributed by atoms with Gasteiger partial charge in [-0.1, -0.05) is 26.8 Å². The highest BCUT2D eigenvalue weighted by Crippen LogP contribution is 2.16. The van der Waals surface area contributed by atoms with Crippen LogP contribution in [-0.2, 0) is 0 Å². The van der Waals surface area contributed by atoms with Gasteiger partial charge in [0.2, 0.25) is 0 Å². The van der Waals surface area contributed by atoms with E-state index in [0.29, 0.717) is 0 Å². The fourth-order valence-corrected chi connectivity index (χ4v) is 1.80. The zero-order chi connectivity index (χ0) is 12.1. The van der Waals surface area contributed by atoms with Crippen LogP contribution < -0.4 is 0 Å². The van der Waals surface area contributed by atoms with Gasteiger partial charge in [-0.3, -0.25) is 0 Å². The van der Waals surface area contributed by atoms with E-state index in [1.807, 2.05) is 13.8 Å². The molecule has 1 aliphatic rings. The van der Waals surface area contributed by atoms with Gasteiger partial charge in [0.25, 0.3) is 0 Å². The van der Waals surface area contributed by atoms with Crippen LogP contribution in [0.4, 0.5) is 0 Å². The molecule has 1 atom stereocenters. The molecule has 0 saturated carbocycles. The van der Waals surface area contributed by atoms with E-state index in [-0.39, 0.29) is 0 Å². The normalized spacial score (nSPS) is 20.5. The minimum absolute atomic E-state index is 0.760. The summed E-state index contributed by atoms with van der Waals surface area (Å²) < 4.78 is 0. The first-order chi connectivity index (χ1) is 7.36. The number of piperidine rings is 1. The van der Waals surface area contributed by atoms with Crippen molar-refractivity contribution >= 4 is 0 Å². The Bertz CT molecular complexity index is 124. The lowest BCUT2D eigenvalue weighted by molar-refractivity contribution is 0.197. The Morgan fingerprint density at radius 3 is 2.47 bits per heavy atom. The molecule has 1 fully saturated rings. The van der Waals surface area contributed by atoms with E-state index in [2.05, 4.69) is 24.5 Å². The van der Waals surface area contributed by atoms with Crippen LogP contribution in [0.3, 0.4) is 0 Å². The Morgan fingerprint density at radius 1 is 1.40 bits per heavy atom. The summed E-state index contributed by atoms with van der Waals surface area (Å²) in [6.07, 6.45) is 6.10. The Balaban J connectivity index is 0. The molecule has 0 aromatic heterocycles. The average molecular weight is 215 g/mol. The predicted octanol–water partition coefficient (Wildman–Crippen LogP) is 2.93. The van der Waals surface area contributed by atoms with Crippen LogP contribution >= 0.6 is 0 Å². The third kappa shape index (κ3) is 8.64. The smallest absolute Gasteiger partial charge is 0.0319 e. The molecular formula is C13H29NO. The van der Waals surface area contributed by atoms with Crippen molar-refractivity contribution in [2.45, 2.75) is 40.0 Å². The number of aliphatic hydroxyl groups is 1. The van der Waals surface area contributed by atoms with Crippen LogP contribution in [0.15, 0.2) is 12.7 Å². The van der Waals surface area contributed by atoms with Crippen LogP contribution in [0.1, 0.15) is 40.0 Å². The van der Waals surface area contributed by atoms with Gasteiger partial charge in [0.1, 0.15) is 0 Å². The van der Waals surface area contributed by atoms with Gasteiger partial charge in [-0.25, -0.2) is 0 Å². The third-order valence-corrected chi connectivity index (χ3v) is 2.42. The maximum absolute atomic E-state index is 7.00. The van der Waals surface area contributed by atoms with Crippen molar-refractivity contribution in [3.63, 3.8) is 0 Å². The molecule has 0 amide bonds. The fraction of sp³-hybridized carbons (Fsp3) is 0.846. The number of likely N-dealkylation sites (tertiary alicyclic amines) is 1. The molecule has 0 radical (unpaired) electrons. The van der Waals surface area contributed by atoms with Gasteiger partial charge in [0, 0.05) is 13.7 Å². The number of nitrogens with zero attached hydrogens (tertiary/aromatic N) is 1. The van der Waals surface area contributed by atoms with E-state index in [9.17, 15) is 0 Å². The molecule has 1 N–H and O–H groups in total. The summed E-state index contributed by atoms with van der Waals surface area (Å²) in [7, 11) is 1.00. The highest BCUT2D eigenvalue weighted by molar-refractivity contribution is 4.84. The molecule has 2 heteroatoms.